The highest BCUT2D eigenvalue weighted by Crippen LogP contribution is 2.16. The van der Waals surface area contributed by atoms with Crippen LogP contribution in [0, 0.1) is 5.92 Å². The number of unbranched alkanes of at least 4 members (excludes halogenated alkanes) is 3. The number of carbonyl (C=O) groups excluding carboxylic acids is 1. The second kappa shape index (κ2) is 7.66. The van der Waals surface area contributed by atoms with Crippen molar-refractivity contribution in [2.45, 2.75) is 51.9 Å². The Morgan fingerprint density at radius 3 is 2.75 bits per heavy atom. The van der Waals surface area contributed by atoms with Gasteiger partial charge in [-0.2, -0.15) is 0 Å². The van der Waals surface area contributed by atoms with Crippen LogP contribution in [-0.2, 0) is 4.79 Å². The van der Waals surface area contributed by atoms with Gasteiger partial charge in [0.2, 0.25) is 5.91 Å². The van der Waals surface area contributed by atoms with Crippen LogP contribution in [-0.4, -0.2) is 30.4 Å². The maximum absolute atomic E-state index is 10.5. The first-order chi connectivity index (χ1) is 7.68. The Balaban J connectivity index is 1.92. The van der Waals surface area contributed by atoms with E-state index in [9.17, 15) is 4.79 Å². The van der Waals surface area contributed by atoms with E-state index < -0.39 is 0 Å². The predicted molar refractivity (Wildman–Crippen MR) is 67.1 cm³/mol. The van der Waals surface area contributed by atoms with E-state index in [4.69, 9.17) is 5.73 Å². The summed E-state index contributed by atoms with van der Waals surface area (Å²) in [5.74, 6) is 0.716. The molecule has 1 fully saturated rings. The highest BCUT2D eigenvalue weighted by atomic mass is 16.1. The van der Waals surface area contributed by atoms with Crippen molar-refractivity contribution in [1.29, 1.82) is 0 Å². The predicted octanol–water partition coefficient (Wildman–Crippen LogP) is 2.15. The highest BCUT2D eigenvalue weighted by molar-refractivity contribution is 5.73. The summed E-state index contributed by atoms with van der Waals surface area (Å²) in [7, 11) is 0. The van der Waals surface area contributed by atoms with E-state index in [1.165, 1.54) is 45.3 Å². The van der Waals surface area contributed by atoms with Crippen LogP contribution in [0.15, 0.2) is 0 Å². The van der Waals surface area contributed by atoms with Gasteiger partial charge in [0.05, 0.1) is 0 Å². The second-order valence-corrected chi connectivity index (χ2v) is 5.18. The number of nitrogens with zero attached hydrogens (tertiary/aromatic N) is 1. The van der Waals surface area contributed by atoms with Crippen LogP contribution in [0.25, 0.3) is 0 Å². The maximum atomic E-state index is 10.5. The van der Waals surface area contributed by atoms with Gasteiger partial charge in [0.15, 0.2) is 0 Å². The molecule has 0 saturated carbocycles. The topological polar surface area (TPSA) is 46.3 Å². The van der Waals surface area contributed by atoms with Crippen molar-refractivity contribution in [3.05, 3.63) is 0 Å². The Bertz CT molecular complexity index is 206. The molecule has 1 aliphatic heterocycles. The highest BCUT2D eigenvalue weighted by Gasteiger charge is 2.14. The van der Waals surface area contributed by atoms with Gasteiger partial charge in [-0.1, -0.05) is 19.8 Å². The average Bonchev–Trinajstić information content (AvgIpc) is 2.23. The molecule has 1 rings (SSSR count). The quantitative estimate of drug-likeness (QED) is 0.676. The van der Waals surface area contributed by atoms with Gasteiger partial charge < -0.3 is 10.6 Å². The van der Waals surface area contributed by atoms with E-state index in [0.717, 1.165) is 18.8 Å². The number of amides is 1. The minimum atomic E-state index is -0.162. The Labute approximate surface area is 99.4 Å². The van der Waals surface area contributed by atoms with E-state index in [2.05, 4.69) is 11.8 Å². The summed E-state index contributed by atoms with van der Waals surface area (Å²) in [6, 6.07) is 0. The SMILES string of the molecule is CC1CCCN(CCCCCCC(N)=O)C1. The van der Waals surface area contributed by atoms with E-state index in [0.29, 0.717) is 6.42 Å². The molecule has 0 aliphatic carbocycles. The molecule has 0 radical (unpaired) electrons. The van der Waals surface area contributed by atoms with Crippen LogP contribution in [0.3, 0.4) is 0 Å². The number of carbonyl (C=O) groups is 1. The van der Waals surface area contributed by atoms with Gasteiger partial charge in [0, 0.05) is 13.0 Å². The average molecular weight is 226 g/mol. The molecule has 1 saturated heterocycles. The van der Waals surface area contributed by atoms with E-state index in [-0.39, 0.29) is 5.91 Å². The monoisotopic (exact) mass is 226 g/mol. The van der Waals surface area contributed by atoms with Gasteiger partial charge >= 0.3 is 0 Å². The molecule has 3 heteroatoms. The molecule has 3 nitrogen and oxygen atoms in total. The summed E-state index contributed by atoms with van der Waals surface area (Å²) in [5, 5.41) is 0. The Morgan fingerprint density at radius 2 is 2.06 bits per heavy atom. The fraction of sp³-hybridized carbons (Fsp3) is 0.923. The minimum Gasteiger partial charge on any atom is -0.370 e. The lowest BCUT2D eigenvalue weighted by atomic mass is 10.00. The molecule has 0 bridgehead atoms. The van der Waals surface area contributed by atoms with Crippen LogP contribution in [0.2, 0.25) is 0 Å². The van der Waals surface area contributed by atoms with Crippen LogP contribution in [0.1, 0.15) is 51.9 Å². The molecular weight excluding hydrogens is 200 g/mol. The molecule has 94 valence electrons. The van der Waals surface area contributed by atoms with Gasteiger partial charge in [0.25, 0.3) is 0 Å². The zero-order chi connectivity index (χ0) is 11.8. The van der Waals surface area contributed by atoms with E-state index in [1.807, 2.05) is 0 Å². The number of nitrogens with two attached hydrogens (primary N) is 1. The summed E-state index contributed by atoms with van der Waals surface area (Å²) < 4.78 is 0. The molecule has 1 atom stereocenters. The van der Waals surface area contributed by atoms with Gasteiger partial charge in [0.1, 0.15) is 0 Å². The normalized spacial score (nSPS) is 22.2. The summed E-state index contributed by atoms with van der Waals surface area (Å²) >= 11 is 0. The Hall–Kier alpha value is -0.570. The lowest BCUT2D eigenvalue weighted by molar-refractivity contribution is -0.118. The zero-order valence-electron chi connectivity index (χ0n) is 10.6. The first kappa shape index (κ1) is 13.5. The van der Waals surface area contributed by atoms with Gasteiger partial charge in [-0.15, -0.1) is 0 Å². The van der Waals surface area contributed by atoms with Crippen molar-refractivity contribution in [2.75, 3.05) is 19.6 Å². The molecule has 2 N–H and O–H groups in total. The number of hydrogen-bond acceptors (Lipinski definition) is 2. The third kappa shape index (κ3) is 6.11. The number of hydrogen-bond donors (Lipinski definition) is 1. The van der Waals surface area contributed by atoms with E-state index in [1.54, 1.807) is 0 Å². The molecule has 0 aromatic rings. The largest absolute Gasteiger partial charge is 0.370 e. The lowest BCUT2D eigenvalue weighted by Crippen LogP contribution is -2.34. The molecule has 0 aromatic carbocycles. The first-order valence-electron chi connectivity index (χ1n) is 6.69. The molecule has 0 aromatic heterocycles. The summed E-state index contributed by atoms with van der Waals surface area (Å²) in [6.07, 6.45) is 7.93. The smallest absolute Gasteiger partial charge is 0.217 e. The molecule has 1 aliphatic rings. The Morgan fingerprint density at radius 1 is 1.31 bits per heavy atom. The second-order valence-electron chi connectivity index (χ2n) is 5.18. The van der Waals surface area contributed by atoms with Crippen molar-refractivity contribution in [3.63, 3.8) is 0 Å². The van der Waals surface area contributed by atoms with E-state index >= 15 is 0 Å². The van der Waals surface area contributed by atoms with Crippen LogP contribution in [0.5, 0.6) is 0 Å². The maximum Gasteiger partial charge on any atom is 0.217 e. The number of rotatable bonds is 7. The Kier molecular flexibility index (Phi) is 6.46. The molecular formula is C13H26N2O. The number of primary amides is 1. The molecule has 1 amide bonds. The molecule has 16 heavy (non-hydrogen) atoms. The third-order valence-corrected chi connectivity index (χ3v) is 3.39. The van der Waals surface area contributed by atoms with Crippen LogP contribution >= 0.6 is 0 Å². The van der Waals surface area contributed by atoms with Crippen LogP contribution in [0.4, 0.5) is 0 Å². The lowest BCUT2D eigenvalue weighted by Gasteiger charge is -2.30. The van der Waals surface area contributed by atoms with Gasteiger partial charge in [-0.3, -0.25) is 4.79 Å². The zero-order valence-corrected chi connectivity index (χ0v) is 10.6. The fourth-order valence-electron chi connectivity index (χ4n) is 2.48. The molecule has 1 unspecified atom stereocenters. The van der Waals surface area contributed by atoms with Crippen molar-refractivity contribution in [1.82, 2.24) is 4.90 Å². The number of piperidine rings is 1. The standard InChI is InChI=1S/C13H26N2O/c1-12-7-6-10-15(11-12)9-5-3-2-4-8-13(14)16/h12H,2-11H2,1H3,(H2,14,16). The van der Waals surface area contributed by atoms with Crippen molar-refractivity contribution in [3.8, 4) is 0 Å². The van der Waals surface area contributed by atoms with Gasteiger partial charge in [-0.05, 0) is 44.7 Å². The van der Waals surface area contributed by atoms with Gasteiger partial charge in [-0.25, -0.2) is 0 Å². The van der Waals surface area contributed by atoms with Crippen molar-refractivity contribution < 1.29 is 4.79 Å². The third-order valence-electron chi connectivity index (χ3n) is 3.39. The van der Waals surface area contributed by atoms with Crippen molar-refractivity contribution >= 4 is 5.91 Å². The summed E-state index contributed by atoms with van der Waals surface area (Å²) in [4.78, 5) is 13.1. The van der Waals surface area contributed by atoms with Crippen LogP contribution < -0.4 is 5.73 Å². The minimum absolute atomic E-state index is 0.162. The first-order valence-corrected chi connectivity index (χ1v) is 6.69. The molecule has 0 spiro atoms. The van der Waals surface area contributed by atoms with Crippen molar-refractivity contribution in [2.24, 2.45) is 11.7 Å². The number of likely N-dealkylation sites (tertiary alicyclic amines) is 1. The molecule has 1 heterocycles. The summed E-state index contributed by atoms with van der Waals surface area (Å²) in [6.45, 7) is 6.15. The fourth-order valence-corrected chi connectivity index (χ4v) is 2.48. The summed E-state index contributed by atoms with van der Waals surface area (Å²) in [5.41, 5.74) is 5.09.